The molecule has 214 valence electrons. The van der Waals surface area contributed by atoms with Crippen molar-refractivity contribution in [2.24, 2.45) is 5.92 Å². The molecule has 1 aliphatic rings. The van der Waals surface area contributed by atoms with Crippen molar-refractivity contribution in [3.63, 3.8) is 0 Å². The van der Waals surface area contributed by atoms with Crippen molar-refractivity contribution in [3.05, 3.63) is 53.5 Å². The number of nitrogens with zero attached hydrogens (tertiary/aromatic N) is 3. The maximum absolute atomic E-state index is 13.8. The highest BCUT2D eigenvalue weighted by atomic mass is 19.4. The fraction of sp³-hybridized carbons (Fsp3) is 0.423. The largest absolute Gasteiger partial charge is 0.516 e. The first-order valence-corrected chi connectivity index (χ1v) is 12.4. The van der Waals surface area contributed by atoms with E-state index >= 15 is 0 Å². The molecule has 1 N–H and O–H groups in total. The molecule has 1 aromatic carbocycles. The Morgan fingerprint density at radius 2 is 1.77 bits per heavy atom. The summed E-state index contributed by atoms with van der Waals surface area (Å²) in [5, 5.41) is 7.04. The second kappa shape index (κ2) is 11.6. The molecule has 40 heavy (non-hydrogen) atoms. The molecule has 0 bridgehead atoms. The van der Waals surface area contributed by atoms with Gasteiger partial charge >= 0.3 is 18.3 Å². The second-order valence-electron chi connectivity index (χ2n) is 9.61. The minimum absolute atomic E-state index is 0.165. The number of pyridine rings is 1. The number of ether oxygens (including phenoxy) is 2. The van der Waals surface area contributed by atoms with E-state index in [1.54, 1.807) is 24.7 Å². The molecule has 0 spiro atoms. The quantitative estimate of drug-likeness (QED) is 0.206. The van der Waals surface area contributed by atoms with Crippen LogP contribution in [-0.2, 0) is 20.4 Å². The van der Waals surface area contributed by atoms with Crippen LogP contribution in [0.15, 0.2) is 36.5 Å². The number of carbonyl (C=O) groups excluding carboxylic acids is 3. The molecular weight excluding hydrogens is 543 g/mol. The van der Waals surface area contributed by atoms with Crippen LogP contribution in [-0.4, -0.2) is 38.9 Å². The van der Waals surface area contributed by atoms with Gasteiger partial charge < -0.3 is 14.8 Å². The van der Waals surface area contributed by atoms with Gasteiger partial charge in [0.15, 0.2) is 0 Å². The topological polar surface area (TPSA) is 112 Å². The summed E-state index contributed by atoms with van der Waals surface area (Å²) in [6.45, 7) is 3.25. The molecule has 14 heteroatoms. The minimum atomic E-state index is -4.78. The molecule has 1 fully saturated rings. The van der Waals surface area contributed by atoms with E-state index in [2.05, 4.69) is 15.4 Å². The number of carbonyl (C=O) groups is 3. The van der Waals surface area contributed by atoms with Crippen molar-refractivity contribution in [1.29, 1.82) is 0 Å². The first-order chi connectivity index (χ1) is 18.8. The van der Waals surface area contributed by atoms with E-state index in [1.165, 1.54) is 6.07 Å². The summed E-state index contributed by atoms with van der Waals surface area (Å²) < 4.78 is 77.7. The third-order valence-corrected chi connectivity index (χ3v) is 6.37. The summed E-state index contributed by atoms with van der Waals surface area (Å²) in [7, 11) is 0. The Bertz CT molecular complexity index is 1410. The number of aromatic nitrogens is 3. The van der Waals surface area contributed by atoms with Gasteiger partial charge in [-0.1, -0.05) is 6.07 Å². The molecule has 1 amide bonds. The van der Waals surface area contributed by atoms with Gasteiger partial charge in [-0.25, -0.2) is 18.6 Å². The van der Waals surface area contributed by atoms with Crippen LogP contribution in [0.4, 0.5) is 32.4 Å². The summed E-state index contributed by atoms with van der Waals surface area (Å²) in [4.78, 5) is 39.7. The Kier molecular flexibility index (Phi) is 8.35. The Morgan fingerprint density at radius 1 is 1.07 bits per heavy atom. The number of hydrogen-bond donors (Lipinski definition) is 1. The monoisotopic (exact) mass is 568 g/mol. The molecule has 0 atom stereocenters. The number of hydrogen-bond acceptors (Lipinski definition) is 7. The van der Waals surface area contributed by atoms with Gasteiger partial charge in [0, 0.05) is 17.1 Å². The number of rotatable bonds is 6. The molecule has 2 heterocycles. The third-order valence-electron chi connectivity index (χ3n) is 6.37. The van der Waals surface area contributed by atoms with Crippen molar-refractivity contribution in [2.45, 2.75) is 64.3 Å². The number of benzene rings is 1. The van der Waals surface area contributed by atoms with E-state index in [1.807, 2.05) is 0 Å². The smallest absolute Gasteiger partial charge is 0.431 e. The zero-order chi connectivity index (χ0) is 29.2. The summed E-state index contributed by atoms with van der Waals surface area (Å²) >= 11 is 0. The number of nitrogens with one attached hydrogen (secondary N) is 1. The SMILES string of the molecule is CC(C)OC(=O)OC(=O)[C@H]1CC[C@H](n2cc3cc(NC(=O)c4cccc(C(F)(F)F)n4)c(C(F)F)cc3n2)CC1. The first kappa shape index (κ1) is 28.9. The van der Waals surface area contributed by atoms with Crippen molar-refractivity contribution in [3.8, 4) is 0 Å². The van der Waals surface area contributed by atoms with Gasteiger partial charge in [-0.2, -0.15) is 18.3 Å². The van der Waals surface area contributed by atoms with Crippen LogP contribution in [0.3, 0.4) is 0 Å². The van der Waals surface area contributed by atoms with Crippen molar-refractivity contribution in [1.82, 2.24) is 14.8 Å². The Balaban J connectivity index is 1.48. The number of alkyl halides is 5. The summed E-state index contributed by atoms with van der Waals surface area (Å²) in [5.74, 6) is -2.26. The molecule has 3 aromatic rings. The maximum Gasteiger partial charge on any atom is 0.516 e. The molecule has 0 aliphatic heterocycles. The van der Waals surface area contributed by atoms with Crippen LogP contribution in [0.5, 0.6) is 0 Å². The van der Waals surface area contributed by atoms with Crippen LogP contribution in [0.25, 0.3) is 10.9 Å². The molecule has 0 saturated heterocycles. The van der Waals surface area contributed by atoms with E-state index in [0.29, 0.717) is 37.1 Å². The van der Waals surface area contributed by atoms with Crippen LogP contribution >= 0.6 is 0 Å². The van der Waals surface area contributed by atoms with Crippen molar-refractivity contribution < 1.29 is 45.8 Å². The van der Waals surface area contributed by atoms with E-state index in [9.17, 15) is 36.3 Å². The fourth-order valence-electron chi connectivity index (χ4n) is 4.45. The highest BCUT2D eigenvalue weighted by Crippen LogP contribution is 2.36. The van der Waals surface area contributed by atoms with Crippen LogP contribution in [0.1, 0.15) is 73.7 Å². The summed E-state index contributed by atoms with van der Waals surface area (Å²) in [6.07, 6.45) is -5.86. The predicted molar refractivity (Wildman–Crippen MR) is 131 cm³/mol. The Hall–Kier alpha value is -4.10. The lowest BCUT2D eigenvalue weighted by atomic mass is 9.86. The maximum atomic E-state index is 13.8. The molecule has 2 aromatic heterocycles. The minimum Gasteiger partial charge on any atom is -0.431 e. The number of fused-ring (bicyclic) bond motifs is 1. The molecule has 1 saturated carbocycles. The molecule has 0 unspecified atom stereocenters. The number of amides is 1. The number of halogens is 5. The standard InChI is InChI=1S/C26H25F5N4O5/c1-13(2)39-25(38)40-24(37)14-6-8-16(9-7-14)35-12-15-10-20(17(22(27)28)11-19(15)34-35)33-23(36)18-4-3-5-21(32-18)26(29,30)31/h3-5,10-14,16,22H,6-9H2,1-2H3,(H,33,36)/t14-,16-. The highest BCUT2D eigenvalue weighted by Gasteiger charge is 2.33. The molecule has 1 aliphatic carbocycles. The van der Waals surface area contributed by atoms with Crippen LogP contribution in [0, 0.1) is 5.92 Å². The van der Waals surface area contributed by atoms with Crippen LogP contribution < -0.4 is 5.32 Å². The van der Waals surface area contributed by atoms with Crippen molar-refractivity contribution in [2.75, 3.05) is 5.32 Å². The molecule has 0 radical (unpaired) electrons. The average Bonchev–Trinajstić information content (AvgIpc) is 3.30. The Labute approximate surface area is 224 Å². The third kappa shape index (κ3) is 6.72. The zero-order valence-electron chi connectivity index (χ0n) is 21.4. The summed E-state index contributed by atoms with van der Waals surface area (Å²) in [5.41, 5.74) is -2.49. The lowest BCUT2D eigenvalue weighted by molar-refractivity contribution is -0.146. The lowest BCUT2D eigenvalue weighted by Gasteiger charge is -2.27. The normalized spacial score (nSPS) is 17.7. The molecule has 9 nitrogen and oxygen atoms in total. The van der Waals surface area contributed by atoms with Gasteiger partial charge in [0.25, 0.3) is 12.3 Å². The Morgan fingerprint density at radius 3 is 2.40 bits per heavy atom. The molecular formula is C26H25F5N4O5. The van der Waals surface area contributed by atoms with Gasteiger partial charge in [0.05, 0.1) is 29.3 Å². The average molecular weight is 568 g/mol. The van der Waals surface area contributed by atoms with Crippen LogP contribution in [0.2, 0.25) is 0 Å². The summed E-state index contributed by atoms with van der Waals surface area (Å²) in [6, 6.07) is 4.95. The first-order valence-electron chi connectivity index (χ1n) is 12.4. The van der Waals surface area contributed by atoms with Gasteiger partial charge in [0.2, 0.25) is 0 Å². The van der Waals surface area contributed by atoms with E-state index in [0.717, 1.165) is 18.2 Å². The van der Waals surface area contributed by atoms with E-state index < -0.39 is 59.6 Å². The van der Waals surface area contributed by atoms with Gasteiger partial charge in [-0.3, -0.25) is 14.3 Å². The van der Waals surface area contributed by atoms with E-state index in [-0.39, 0.29) is 17.2 Å². The lowest BCUT2D eigenvalue weighted by Crippen LogP contribution is -2.28. The van der Waals surface area contributed by atoms with Gasteiger partial charge in [0.1, 0.15) is 11.4 Å². The predicted octanol–water partition coefficient (Wildman–Crippen LogP) is 6.46. The fourth-order valence-corrected chi connectivity index (χ4v) is 4.45. The second-order valence-corrected chi connectivity index (χ2v) is 9.61. The molecule has 4 rings (SSSR count). The zero-order valence-corrected chi connectivity index (χ0v) is 21.4. The number of esters is 1. The van der Waals surface area contributed by atoms with Gasteiger partial charge in [-0.05, 0) is 63.8 Å². The van der Waals surface area contributed by atoms with E-state index in [4.69, 9.17) is 9.47 Å². The van der Waals surface area contributed by atoms with Crippen molar-refractivity contribution >= 4 is 34.6 Å². The number of anilines is 1. The van der Waals surface area contributed by atoms with Gasteiger partial charge in [-0.15, -0.1) is 0 Å². The highest BCUT2D eigenvalue weighted by molar-refractivity contribution is 6.04.